The predicted octanol–water partition coefficient (Wildman–Crippen LogP) is 9.07. The summed E-state index contributed by atoms with van der Waals surface area (Å²) >= 11 is 0. The first-order valence-electron chi connectivity index (χ1n) is 16.1. The predicted molar refractivity (Wildman–Crippen MR) is 163 cm³/mol. The van der Waals surface area contributed by atoms with Crippen LogP contribution in [0.25, 0.3) is 0 Å². The summed E-state index contributed by atoms with van der Waals surface area (Å²) in [7, 11) is -1.74. The number of ketones is 1. The Balaban J connectivity index is 1.24. The maximum absolute atomic E-state index is 13.6. The largest absolute Gasteiger partial charge is 0.414 e. The molecule has 0 amide bonds. The Hall–Kier alpha value is -0.973. The van der Waals surface area contributed by atoms with Crippen molar-refractivity contribution in [3.05, 3.63) is 35.9 Å². The lowest BCUT2D eigenvalue weighted by atomic mass is 9.44. The molecular weight excluding hydrogens is 496 g/mol. The Morgan fingerprint density at radius 1 is 0.974 bits per heavy atom. The van der Waals surface area contributed by atoms with E-state index in [0.29, 0.717) is 42.4 Å². The SMILES string of the molecule is C[C@H](COCc1ccccc1)[C@H]1C(=O)C[C@H]2[C@@H]3CCC4C[C@@H](O[Si](C)(C)C(C)(C)C)CC[C@]4(C)[C@H]3CC[C@]12C. The minimum absolute atomic E-state index is 0.139. The summed E-state index contributed by atoms with van der Waals surface area (Å²) in [5.74, 6) is 3.79. The first kappa shape index (κ1) is 29.5. The second kappa shape index (κ2) is 10.7. The molecule has 5 rings (SSSR count). The highest BCUT2D eigenvalue weighted by Crippen LogP contribution is 2.67. The van der Waals surface area contributed by atoms with Gasteiger partial charge in [-0.05, 0) is 109 Å². The molecule has 218 valence electrons. The summed E-state index contributed by atoms with van der Waals surface area (Å²) in [6, 6.07) is 10.4. The van der Waals surface area contributed by atoms with E-state index in [2.05, 4.69) is 78.9 Å². The zero-order valence-electron chi connectivity index (χ0n) is 26.2. The number of fused-ring (bicyclic) bond motifs is 5. The highest BCUT2D eigenvalue weighted by Gasteiger charge is 2.63. The average Bonchev–Trinajstić information content (AvgIpc) is 3.14. The van der Waals surface area contributed by atoms with Gasteiger partial charge in [0.15, 0.2) is 8.32 Å². The number of carbonyl (C=O) groups is 1. The van der Waals surface area contributed by atoms with Gasteiger partial charge in [-0.2, -0.15) is 0 Å². The van der Waals surface area contributed by atoms with Crippen LogP contribution in [0.1, 0.15) is 98.5 Å². The molecule has 39 heavy (non-hydrogen) atoms. The van der Waals surface area contributed by atoms with Crippen molar-refractivity contribution in [2.45, 2.75) is 124 Å². The van der Waals surface area contributed by atoms with E-state index >= 15 is 0 Å². The summed E-state index contributed by atoms with van der Waals surface area (Å²) in [5, 5.41) is 0.272. The molecule has 0 saturated heterocycles. The lowest BCUT2D eigenvalue weighted by molar-refractivity contribution is -0.133. The quantitative estimate of drug-likeness (QED) is 0.317. The van der Waals surface area contributed by atoms with Gasteiger partial charge in [0, 0.05) is 18.4 Å². The molecule has 4 aliphatic carbocycles. The Kier molecular flexibility index (Phi) is 8.10. The first-order valence-corrected chi connectivity index (χ1v) is 19.0. The third-order valence-corrected chi connectivity index (χ3v) is 17.4. The molecule has 0 spiro atoms. The van der Waals surface area contributed by atoms with Crippen LogP contribution >= 0.6 is 0 Å². The van der Waals surface area contributed by atoms with Crippen LogP contribution in [0, 0.1) is 46.3 Å². The van der Waals surface area contributed by atoms with E-state index in [9.17, 15) is 4.79 Å². The first-order chi connectivity index (χ1) is 18.3. The number of ether oxygens (including phenoxy) is 1. The molecule has 0 aromatic heterocycles. The molecule has 4 saturated carbocycles. The van der Waals surface area contributed by atoms with Gasteiger partial charge < -0.3 is 9.16 Å². The Bertz CT molecular complexity index is 1010. The van der Waals surface area contributed by atoms with Gasteiger partial charge in [0.1, 0.15) is 5.78 Å². The number of Topliss-reactive ketones (excluding diaryl/α,β-unsaturated/α-hetero) is 1. The molecule has 9 atom stereocenters. The van der Waals surface area contributed by atoms with Crippen LogP contribution in [0.15, 0.2) is 30.3 Å². The van der Waals surface area contributed by atoms with Crippen LogP contribution in [-0.4, -0.2) is 26.8 Å². The third kappa shape index (κ3) is 5.36. The Morgan fingerprint density at radius 2 is 1.67 bits per heavy atom. The Morgan fingerprint density at radius 3 is 2.36 bits per heavy atom. The molecule has 4 aliphatic rings. The zero-order valence-corrected chi connectivity index (χ0v) is 27.2. The number of rotatable bonds is 7. The van der Waals surface area contributed by atoms with Gasteiger partial charge in [-0.1, -0.05) is 71.9 Å². The van der Waals surface area contributed by atoms with E-state index in [0.717, 1.165) is 18.3 Å². The summed E-state index contributed by atoms with van der Waals surface area (Å²) in [6.45, 7) is 20.6. The lowest BCUT2D eigenvalue weighted by Gasteiger charge is -2.61. The highest BCUT2D eigenvalue weighted by molar-refractivity contribution is 6.74. The van der Waals surface area contributed by atoms with E-state index in [-0.39, 0.29) is 22.3 Å². The molecule has 1 aromatic rings. The van der Waals surface area contributed by atoms with Crippen molar-refractivity contribution in [1.29, 1.82) is 0 Å². The van der Waals surface area contributed by atoms with Gasteiger partial charge in [-0.15, -0.1) is 0 Å². The maximum atomic E-state index is 13.6. The van der Waals surface area contributed by atoms with Crippen LogP contribution in [0.3, 0.4) is 0 Å². The highest BCUT2D eigenvalue weighted by atomic mass is 28.4. The van der Waals surface area contributed by atoms with E-state index in [4.69, 9.17) is 9.16 Å². The minimum Gasteiger partial charge on any atom is -0.414 e. The van der Waals surface area contributed by atoms with Crippen LogP contribution in [0.5, 0.6) is 0 Å². The normalized spacial score (nSPS) is 39.5. The van der Waals surface area contributed by atoms with Gasteiger partial charge in [0.25, 0.3) is 0 Å². The molecular formula is C35H56O3Si. The number of benzene rings is 1. The molecule has 0 radical (unpaired) electrons. The molecule has 0 N–H and O–H groups in total. The van der Waals surface area contributed by atoms with Crippen molar-refractivity contribution in [3.8, 4) is 0 Å². The molecule has 1 unspecified atom stereocenters. The van der Waals surface area contributed by atoms with Crippen LogP contribution < -0.4 is 0 Å². The van der Waals surface area contributed by atoms with Gasteiger partial charge in [-0.3, -0.25) is 4.79 Å². The van der Waals surface area contributed by atoms with Gasteiger partial charge >= 0.3 is 0 Å². The monoisotopic (exact) mass is 552 g/mol. The Labute approximate surface area is 240 Å². The molecule has 0 bridgehead atoms. The van der Waals surface area contributed by atoms with Crippen molar-refractivity contribution in [3.63, 3.8) is 0 Å². The van der Waals surface area contributed by atoms with Gasteiger partial charge in [0.05, 0.1) is 13.2 Å². The van der Waals surface area contributed by atoms with Crippen molar-refractivity contribution in [1.82, 2.24) is 0 Å². The molecule has 3 nitrogen and oxygen atoms in total. The molecule has 0 heterocycles. The van der Waals surface area contributed by atoms with Crippen molar-refractivity contribution in [2.75, 3.05) is 6.61 Å². The molecule has 0 aliphatic heterocycles. The summed E-state index contributed by atoms with van der Waals surface area (Å²) in [6.07, 6.45) is 10.2. The number of carbonyl (C=O) groups excluding carboxylic acids is 1. The fraction of sp³-hybridized carbons (Fsp3) is 0.800. The lowest BCUT2D eigenvalue weighted by Crippen LogP contribution is -2.55. The van der Waals surface area contributed by atoms with Crippen molar-refractivity contribution >= 4 is 14.1 Å². The molecule has 4 fully saturated rings. The summed E-state index contributed by atoms with van der Waals surface area (Å²) in [5.41, 5.74) is 1.77. The fourth-order valence-corrected chi connectivity index (χ4v) is 11.2. The maximum Gasteiger partial charge on any atom is 0.192 e. The third-order valence-electron chi connectivity index (χ3n) is 12.9. The second-order valence-electron chi connectivity index (χ2n) is 16.1. The van der Waals surface area contributed by atoms with Crippen molar-refractivity contribution < 1.29 is 14.0 Å². The standard InChI is InChI=1S/C35H56O3Si/c1-24(22-37-23-25-12-10-9-11-13-25)32-31(36)21-30-28-15-14-26-20-27(38-39(7,8)33(2,3)4)16-18-34(26,5)29(28)17-19-35(30,32)6/h9-13,24,26-30,32H,14-23H2,1-8H3/t24-,26?,27+,28-,29+,30+,32+,34+,35+/m1/s1. The number of hydrogen-bond donors (Lipinski definition) is 0. The molecule has 1 aromatic carbocycles. The van der Waals surface area contributed by atoms with Crippen LogP contribution in [0.2, 0.25) is 18.1 Å². The van der Waals surface area contributed by atoms with E-state index in [1.54, 1.807) is 0 Å². The fourth-order valence-electron chi connectivity index (χ4n) is 9.75. The number of hydrogen-bond acceptors (Lipinski definition) is 3. The van der Waals surface area contributed by atoms with Crippen molar-refractivity contribution in [2.24, 2.45) is 46.3 Å². The average molecular weight is 553 g/mol. The topological polar surface area (TPSA) is 35.5 Å². The zero-order chi connectivity index (χ0) is 28.2. The molecule has 4 heteroatoms. The summed E-state index contributed by atoms with van der Waals surface area (Å²) in [4.78, 5) is 13.6. The minimum atomic E-state index is -1.74. The van der Waals surface area contributed by atoms with E-state index in [1.165, 1.54) is 50.5 Å². The van der Waals surface area contributed by atoms with E-state index in [1.807, 2.05) is 6.07 Å². The van der Waals surface area contributed by atoms with Crippen LogP contribution in [-0.2, 0) is 20.6 Å². The summed E-state index contributed by atoms with van der Waals surface area (Å²) < 4.78 is 13.1. The van der Waals surface area contributed by atoms with Gasteiger partial charge in [-0.25, -0.2) is 0 Å². The van der Waals surface area contributed by atoms with Gasteiger partial charge in [0.2, 0.25) is 0 Å². The van der Waals surface area contributed by atoms with E-state index < -0.39 is 8.32 Å². The smallest absolute Gasteiger partial charge is 0.192 e. The second-order valence-corrected chi connectivity index (χ2v) is 20.9. The van der Waals surface area contributed by atoms with Crippen LogP contribution in [0.4, 0.5) is 0 Å².